The number of hydrogen-bond donors (Lipinski definition) is 0. The topological polar surface area (TPSA) is 25.8 Å². The summed E-state index contributed by atoms with van der Waals surface area (Å²) in [6, 6.07) is 11.3. The monoisotopic (exact) mass is 290 g/mol. The van der Waals surface area contributed by atoms with E-state index in [1.807, 2.05) is 12.3 Å². The summed E-state index contributed by atoms with van der Waals surface area (Å²) >= 11 is 0. The van der Waals surface area contributed by atoms with Gasteiger partial charge in [0.25, 0.3) is 0 Å². The highest BCUT2D eigenvalue weighted by Crippen LogP contribution is 2.60. The summed E-state index contributed by atoms with van der Waals surface area (Å²) in [6.45, 7) is 0. The van der Waals surface area contributed by atoms with Crippen LogP contribution in [0.15, 0.2) is 42.9 Å². The van der Waals surface area contributed by atoms with E-state index < -0.39 is 0 Å². The summed E-state index contributed by atoms with van der Waals surface area (Å²) in [5.41, 5.74) is 4.31. The molecule has 4 aliphatic rings. The molecule has 4 fully saturated rings. The van der Waals surface area contributed by atoms with Gasteiger partial charge < -0.3 is 0 Å². The van der Waals surface area contributed by atoms with Gasteiger partial charge in [-0.05, 0) is 73.3 Å². The molecule has 4 aliphatic carbocycles. The second-order valence-corrected chi connectivity index (χ2v) is 7.87. The SMILES string of the molecule is c1cc(-c2ccc(C34CC5CC(CC(C5)C3)C4)cc2)ncn1. The lowest BCUT2D eigenvalue weighted by atomic mass is 9.48. The fourth-order valence-electron chi connectivity index (χ4n) is 5.92. The highest BCUT2D eigenvalue weighted by molar-refractivity contribution is 5.59. The van der Waals surface area contributed by atoms with Gasteiger partial charge in [-0.1, -0.05) is 24.3 Å². The summed E-state index contributed by atoms with van der Waals surface area (Å²) in [5.74, 6) is 3.02. The highest BCUT2D eigenvalue weighted by Gasteiger charge is 2.51. The van der Waals surface area contributed by atoms with Crippen LogP contribution in [0.4, 0.5) is 0 Å². The zero-order valence-corrected chi connectivity index (χ0v) is 12.9. The summed E-state index contributed by atoms with van der Waals surface area (Å²) in [6.07, 6.45) is 12.3. The van der Waals surface area contributed by atoms with Gasteiger partial charge >= 0.3 is 0 Å². The fraction of sp³-hybridized carbons (Fsp3) is 0.500. The van der Waals surface area contributed by atoms with Crippen LogP contribution in [0.5, 0.6) is 0 Å². The van der Waals surface area contributed by atoms with Crippen LogP contribution < -0.4 is 0 Å². The van der Waals surface area contributed by atoms with Gasteiger partial charge in [0.1, 0.15) is 6.33 Å². The first-order valence-electron chi connectivity index (χ1n) is 8.68. The minimum absolute atomic E-state index is 0.499. The molecule has 1 heterocycles. The van der Waals surface area contributed by atoms with Crippen molar-refractivity contribution in [2.45, 2.75) is 43.9 Å². The highest BCUT2D eigenvalue weighted by atomic mass is 14.8. The maximum absolute atomic E-state index is 4.36. The van der Waals surface area contributed by atoms with Crippen molar-refractivity contribution >= 4 is 0 Å². The molecule has 6 rings (SSSR count). The molecule has 2 heteroatoms. The molecule has 0 unspecified atom stereocenters. The Morgan fingerprint density at radius 3 is 2.00 bits per heavy atom. The van der Waals surface area contributed by atoms with Gasteiger partial charge in [-0.15, -0.1) is 0 Å². The molecule has 1 aromatic carbocycles. The van der Waals surface area contributed by atoms with Crippen molar-refractivity contribution in [1.82, 2.24) is 9.97 Å². The predicted octanol–water partition coefficient (Wildman–Crippen LogP) is 4.61. The Bertz CT molecular complexity index is 639. The van der Waals surface area contributed by atoms with E-state index in [0.29, 0.717) is 5.41 Å². The predicted molar refractivity (Wildman–Crippen MR) is 87.3 cm³/mol. The Morgan fingerprint density at radius 2 is 1.45 bits per heavy atom. The van der Waals surface area contributed by atoms with Crippen molar-refractivity contribution in [1.29, 1.82) is 0 Å². The Kier molecular flexibility index (Phi) is 2.70. The van der Waals surface area contributed by atoms with Crippen LogP contribution in [0.25, 0.3) is 11.3 Å². The van der Waals surface area contributed by atoms with Gasteiger partial charge in [-0.3, -0.25) is 0 Å². The van der Waals surface area contributed by atoms with Crippen molar-refractivity contribution in [3.63, 3.8) is 0 Å². The van der Waals surface area contributed by atoms with Gasteiger partial charge in [0.2, 0.25) is 0 Å². The number of hydrogen-bond acceptors (Lipinski definition) is 2. The molecule has 0 saturated heterocycles. The number of nitrogens with zero attached hydrogens (tertiary/aromatic N) is 2. The average molecular weight is 290 g/mol. The minimum atomic E-state index is 0.499. The van der Waals surface area contributed by atoms with Crippen molar-refractivity contribution < 1.29 is 0 Å². The normalized spacial score (nSPS) is 35.7. The molecule has 2 aromatic rings. The molecule has 22 heavy (non-hydrogen) atoms. The Labute approximate surface area is 132 Å². The van der Waals surface area contributed by atoms with Crippen molar-refractivity contribution in [2.24, 2.45) is 17.8 Å². The first-order chi connectivity index (χ1) is 10.8. The first kappa shape index (κ1) is 12.8. The van der Waals surface area contributed by atoms with E-state index in [2.05, 4.69) is 34.2 Å². The van der Waals surface area contributed by atoms with Crippen molar-refractivity contribution in [3.05, 3.63) is 48.4 Å². The van der Waals surface area contributed by atoms with Gasteiger partial charge in [-0.2, -0.15) is 0 Å². The summed E-state index contributed by atoms with van der Waals surface area (Å²) < 4.78 is 0. The van der Waals surface area contributed by atoms with E-state index in [1.54, 1.807) is 11.9 Å². The van der Waals surface area contributed by atoms with Gasteiger partial charge in [-0.25, -0.2) is 9.97 Å². The summed E-state index contributed by atoms with van der Waals surface area (Å²) in [5, 5.41) is 0. The second-order valence-electron chi connectivity index (χ2n) is 7.87. The van der Waals surface area contributed by atoms with E-state index in [0.717, 1.165) is 23.4 Å². The molecule has 0 aliphatic heterocycles. The molecule has 112 valence electrons. The van der Waals surface area contributed by atoms with E-state index in [4.69, 9.17) is 0 Å². The molecule has 2 nitrogen and oxygen atoms in total. The fourth-order valence-corrected chi connectivity index (χ4v) is 5.92. The van der Waals surface area contributed by atoms with Gasteiger partial charge in [0, 0.05) is 11.8 Å². The molecule has 4 saturated carbocycles. The Balaban J connectivity index is 1.49. The molecule has 1 aromatic heterocycles. The minimum Gasteiger partial charge on any atom is -0.245 e. The smallest absolute Gasteiger partial charge is 0.116 e. The lowest BCUT2D eigenvalue weighted by Gasteiger charge is -2.57. The van der Waals surface area contributed by atoms with Gasteiger partial charge in [0.15, 0.2) is 0 Å². The molecule has 0 amide bonds. The molecule has 0 atom stereocenters. The lowest BCUT2D eigenvalue weighted by molar-refractivity contribution is -0.00518. The van der Waals surface area contributed by atoms with Crippen LogP contribution >= 0.6 is 0 Å². The molecule has 0 spiro atoms. The van der Waals surface area contributed by atoms with Crippen LogP contribution in [0.1, 0.15) is 44.1 Å². The van der Waals surface area contributed by atoms with Crippen LogP contribution in [0, 0.1) is 17.8 Å². The largest absolute Gasteiger partial charge is 0.245 e. The van der Waals surface area contributed by atoms with E-state index >= 15 is 0 Å². The second kappa shape index (κ2) is 4.65. The zero-order chi connectivity index (χ0) is 14.6. The number of benzene rings is 1. The molecular weight excluding hydrogens is 268 g/mol. The number of rotatable bonds is 2. The summed E-state index contributed by atoms with van der Waals surface area (Å²) in [4.78, 5) is 8.36. The molecular formula is C20H22N2. The quantitative estimate of drug-likeness (QED) is 0.807. The van der Waals surface area contributed by atoms with E-state index in [9.17, 15) is 0 Å². The third-order valence-corrected chi connectivity index (χ3v) is 6.41. The van der Waals surface area contributed by atoms with Gasteiger partial charge in [0.05, 0.1) is 5.69 Å². The van der Waals surface area contributed by atoms with Crippen molar-refractivity contribution in [3.8, 4) is 11.3 Å². The van der Waals surface area contributed by atoms with Crippen LogP contribution in [0.2, 0.25) is 0 Å². The van der Waals surface area contributed by atoms with E-state index in [-0.39, 0.29) is 0 Å². The summed E-state index contributed by atoms with van der Waals surface area (Å²) in [7, 11) is 0. The Hall–Kier alpha value is -1.70. The van der Waals surface area contributed by atoms with Crippen molar-refractivity contribution in [2.75, 3.05) is 0 Å². The molecule has 4 bridgehead atoms. The molecule has 0 radical (unpaired) electrons. The third kappa shape index (κ3) is 1.93. The van der Waals surface area contributed by atoms with Crippen LogP contribution in [-0.2, 0) is 5.41 Å². The number of aromatic nitrogens is 2. The average Bonchev–Trinajstić information content (AvgIpc) is 2.55. The third-order valence-electron chi connectivity index (χ3n) is 6.41. The first-order valence-corrected chi connectivity index (χ1v) is 8.68. The standard InChI is InChI=1S/C20H22N2/c1-3-18(4-2-17(1)19-5-6-21-13-22-19)20-10-14-7-15(11-20)9-16(8-14)12-20/h1-6,13-16H,7-12H2. The van der Waals surface area contributed by atoms with Crippen LogP contribution in [-0.4, -0.2) is 9.97 Å². The zero-order valence-electron chi connectivity index (χ0n) is 12.9. The van der Waals surface area contributed by atoms with Crippen LogP contribution in [0.3, 0.4) is 0 Å². The maximum atomic E-state index is 4.36. The lowest BCUT2D eigenvalue weighted by Crippen LogP contribution is -2.48. The Morgan fingerprint density at radius 1 is 0.818 bits per heavy atom. The maximum Gasteiger partial charge on any atom is 0.116 e. The van der Waals surface area contributed by atoms with E-state index in [1.165, 1.54) is 44.1 Å². The molecule has 0 N–H and O–H groups in total.